The van der Waals surface area contributed by atoms with Crippen LogP contribution >= 0.6 is 0 Å². The molecule has 0 saturated heterocycles. The van der Waals surface area contributed by atoms with Crippen molar-refractivity contribution >= 4 is 5.97 Å². The van der Waals surface area contributed by atoms with Gasteiger partial charge >= 0.3 is 5.97 Å². The lowest BCUT2D eigenvalue weighted by Gasteiger charge is -2.15. The fraction of sp³-hybridized carbons (Fsp3) is 0.278. The molecular formula is C18H18F2O4. The molecule has 2 aromatic carbocycles. The van der Waals surface area contributed by atoms with Crippen molar-refractivity contribution < 1.29 is 28.2 Å². The average molecular weight is 336 g/mol. The van der Waals surface area contributed by atoms with E-state index in [9.17, 15) is 18.7 Å². The Balaban J connectivity index is 2.10. The number of rotatable bonds is 7. The first-order chi connectivity index (χ1) is 11.5. The molecule has 0 amide bonds. The van der Waals surface area contributed by atoms with Crippen LogP contribution in [0.25, 0.3) is 0 Å². The largest absolute Gasteiger partial charge is 0.459 e. The van der Waals surface area contributed by atoms with Crippen LogP contribution in [0.1, 0.15) is 36.5 Å². The second kappa shape index (κ2) is 8.40. The van der Waals surface area contributed by atoms with Crippen molar-refractivity contribution in [2.24, 2.45) is 0 Å². The lowest BCUT2D eigenvalue weighted by Crippen LogP contribution is -2.17. The Morgan fingerprint density at radius 3 is 2.38 bits per heavy atom. The van der Waals surface area contributed by atoms with Crippen molar-refractivity contribution in [3.63, 3.8) is 0 Å². The second-order valence-electron chi connectivity index (χ2n) is 5.19. The van der Waals surface area contributed by atoms with E-state index in [1.165, 1.54) is 12.1 Å². The Kier molecular flexibility index (Phi) is 6.26. The number of ether oxygens (including phenoxy) is 2. The Labute approximate surface area is 138 Å². The summed E-state index contributed by atoms with van der Waals surface area (Å²) in [7, 11) is 0. The molecule has 0 spiro atoms. The van der Waals surface area contributed by atoms with Crippen LogP contribution in [0.2, 0.25) is 0 Å². The minimum atomic E-state index is -1.30. The van der Waals surface area contributed by atoms with Crippen LogP contribution in [-0.2, 0) is 0 Å². The monoisotopic (exact) mass is 336 g/mol. The summed E-state index contributed by atoms with van der Waals surface area (Å²) in [5.41, 5.74) is 0.258. The third-order valence-electron chi connectivity index (χ3n) is 3.25. The maximum atomic E-state index is 14.0. The molecule has 1 unspecified atom stereocenters. The van der Waals surface area contributed by atoms with E-state index in [2.05, 4.69) is 0 Å². The zero-order chi connectivity index (χ0) is 17.5. The van der Waals surface area contributed by atoms with Gasteiger partial charge in [0.05, 0.1) is 5.56 Å². The lowest BCUT2D eigenvalue weighted by atomic mass is 10.2. The number of benzene rings is 2. The zero-order valence-corrected chi connectivity index (χ0v) is 13.2. The van der Waals surface area contributed by atoms with Crippen molar-refractivity contribution in [2.45, 2.75) is 32.5 Å². The molecule has 0 radical (unpaired) electrons. The molecule has 0 fully saturated rings. The molecule has 0 heterocycles. The van der Waals surface area contributed by atoms with Gasteiger partial charge in [-0.1, -0.05) is 31.5 Å². The molecular weight excluding hydrogens is 318 g/mol. The Hall–Kier alpha value is -2.47. The minimum absolute atomic E-state index is 0.258. The van der Waals surface area contributed by atoms with Crippen LogP contribution in [0.5, 0.6) is 11.5 Å². The van der Waals surface area contributed by atoms with Gasteiger partial charge in [-0.05, 0) is 18.6 Å². The van der Waals surface area contributed by atoms with Gasteiger partial charge in [-0.2, -0.15) is 0 Å². The molecule has 4 nitrogen and oxygen atoms in total. The van der Waals surface area contributed by atoms with Gasteiger partial charge in [-0.25, -0.2) is 13.6 Å². The van der Waals surface area contributed by atoms with Crippen molar-refractivity contribution in [1.29, 1.82) is 0 Å². The summed E-state index contributed by atoms with van der Waals surface area (Å²) in [6, 6.07) is 9.75. The van der Waals surface area contributed by atoms with E-state index in [0.717, 1.165) is 18.6 Å². The van der Waals surface area contributed by atoms with Crippen LogP contribution in [-0.4, -0.2) is 17.4 Å². The first-order valence-corrected chi connectivity index (χ1v) is 7.62. The van der Waals surface area contributed by atoms with Crippen molar-refractivity contribution in [3.05, 3.63) is 59.7 Å². The van der Waals surface area contributed by atoms with Crippen LogP contribution in [0.3, 0.4) is 0 Å². The predicted molar refractivity (Wildman–Crippen MR) is 83.9 cm³/mol. The van der Waals surface area contributed by atoms with Crippen LogP contribution in [0, 0.1) is 11.6 Å². The van der Waals surface area contributed by atoms with Gasteiger partial charge in [0.25, 0.3) is 0 Å². The molecule has 0 saturated carbocycles. The van der Waals surface area contributed by atoms with Gasteiger partial charge in [-0.15, -0.1) is 0 Å². The summed E-state index contributed by atoms with van der Waals surface area (Å²) in [4.78, 5) is 11.9. The number of aliphatic hydroxyl groups excluding tert-OH is 1. The smallest absolute Gasteiger partial charge is 0.343 e. The van der Waals surface area contributed by atoms with E-state index in [0.29, 0.717) is 6.42 Å². The van der Waals surface area contributed by atoms with E-state index in [1.807, 2.05) is 6.92 Å². The second-order valence-corrected chi connectivity index (χ2v) is 5.19. The lowest BCUT2D eigenvalue weighted by molar-refractivity contribution is -0.0294. The van der Waals surface area contributed by atoms with E-state index < -0.39 is 29.6 Å². The number of halogens is 2. The van der Waals surface area contributed by atoms with E-state index in [-0.39, 0.29) is 17.7 Å². The maximum absolute atomic E-state index is 14.0. The molecule has 6 heteroatoms. The molecule has 24 heavy (non-hydrogen) atoms. The molecule has 0 aromatic heterocycles. The molecule has 0 aliphatic rings. The van der Waals surface area contributed by atoms with Crippen LogP contribution in [0.4, 0.5) is 8.78 Å². The SMILES string of the molecule is CCCCC(O)Oc1c(F)cc(OC(=O)c2ccccc2)cc1F. The first kappa shape index (κ1) is 17.9. The van der Waals surface area contributed by atoms with Gasteiger partial charge in [0.1, 0.15) is 5.75 Å². The van der Waals surface area contributed by atoms with Gasteiger partial charge in [0.15, 0.2) is 23.7 Å². The molecule has 0 aliphatic carbocycles. The molecule has 1 N–H and O–H groups in total. The molecule has 2 aromatic rings. The summed E-state index contributed by atoms with van der Waals surface area (Å²) in [6.07, 6.45) is 0.448. The fourth-order valence-corrected chi connectivity index (χ4v) is 2.02. The number of hydrogen-bond donors (Lipinski definition) is 1. The highest BCUT2D eigenvalue weighted by Crippen LogP contribution is 2.28. The van der Waals surface area contributed by atoms with E-state index in [1.54, 1.807) is 18.2 Å². The van der Waals surface area contributed by atoms with E-state index >= 15 is 0 Å². The normalized spacial score (nSPS) is 11.8. The molecule has 2 rings (SSSR count). The number of hydrogen-bond acceptors (Lipinski definition) is 4. The standard InChI is InChI=1S/C18H18F2O4/c1-2-3-9-16(21)24-17-14(19)10-13(11-15(17)20)23-18(22)12-7-5-4-6-8-12/h4-8,10-11,16,21H,2-3,9H2,1H3. The third kappa shape index (κ3) is 4.76. The summed E-state index contributed by atoms with van der Waals surface area (Å²) < 4.78 is 37.8. The van der Waals surface area contributed by atoms with Gasteiger partial charge in [0.2, 0.25) is 0 Å². The van der Waals surface area contributed by atoms with Gasteiger partial charge < -0.3 is 14.6 Å². The highest BCUT2D eigenvalue weighted by Gasteiger charge is 2.18. The third-order valence-corrected chi connectivity index (χ3v) is 3.25. The highest BCUT2D eigenvalue weighted by atomic mass is 19.1. The molecule has 128 valence electrons. The summed E-state index contributed by atoms with van der Waals surface area (Å²) >= 11 is 0. The average Bonchev–Trinajstić information content (AvgIpc) is 2.57. The number of esters is 1. The van der Waals surface area contributed by atoms with Crippen LogP contribution < -0.4 is 9.47 Å². The quantitative estimate of drug-likeness (QED) is 0.470. The fourth-order valence-electron chi connectivity index (χ4n) is 2.02. The topological polar surface area (TPSA) is 55.8 Å². The highest BCUT2D eigenvalue weighted by molar-refractivity contribution is 5.90. The summed E-state index contributed by atoms with van der Waals surface area (Å²) in [5.74, 6) is -3.82. The predicted octanol–water partition coefficient (Wildman–Crippen LogP) is 4.07. The number of carbonyl (C=O) groups is 1. The maximum Gasteiger partial charge on any atom is 0.343 e. The number of carbonyl (C=O) groups excluding carboxylic acids is 1. The Bertz CT molecular complexity index is 666. The zero-order valence-electron chi connectivity index (χ0n) is 13.2. The number of unbranched alkanes of at least 4 members (excludes halogenated alkanes) is 1. The Morgan fingerprint density at radius 2 is 1.79 bits per heavy atom. The van der Waals surface area contributed by atoms with Gasteiger partial charge in [0, 0.05) is 18.6 Å². The molecule has 1 atom stereocenters. The summed E-state index contributed by atoms with van der Waals surface area (Å²) in [6.45, 7) is 1.92. The molecule has 0 aliphatic heterocycles. The van der Waals surface area contributed by atoms with Crippen molar-refractivity contribution in [3.8, 4) is 11.5 Å². The Morgan fingerprint density at radius 1 is 1.17 bits per heavy atom. The molecule has 0 bridgehead atoms. The van der Waals surface area contributed by atoms with Crippen LogP contribution in [0.15, 0.2) is 42.5 Å². The van der Waals surface area contributed by atoms with Gasteiger partial charge in [-0.3, -0.25) is 0 Å². The van der Waals surface area contributed by atoms with Crippen molar-refractivity contribution in [1.82, 2.24) is 0 Å². The van der Waals surface area contributed by atoms with E-state index in [4.69, 9.17) is 9.47 Å². The summed E-state index contributed by atoms with van der Waals surface area (Å²) in [5, 5.41) is 9.61. The first-order valence-electron chi connectivity index (χ1n) is 7.62. The van der Waals surface area contributed by atoms with Crippen molar-refractivity contribution in [2.75, 3.05) is 0 Å². The minimum Gasteiger partial charge on any atom is -0.459 e. The number of aliphatic hydroxyl groups is 1.